The number of carbonyl (C=O) groups excluding carboxylic acids is 1. The summed E-state index contributed by atoms with van der Waals surface area (Å²) in [4.78, 5) is 21.3. The molecule has 0 heterocycles. The highest BCUT2D eigenvalue weighted by Crippen LogP contribution is 2.19. The van der Waals surface area contributed by atoms with Crippen LogP contribution in [0.5, 0.6) is 0 Å². The van der Waals surface area contributed by atoms with Crippen molar-refractivity contribution in [2.75, 3.05) is 5.32 Å². The van der Waals surface area contributed by atoms with Gasteiger partial charge in [0.2, 0.25) is 5.91 Å². The average molecular weight is 239 g/mol. The summed E-state index contributed by atoms with van der Waals surface area (Å²) in [6.45, 7) is 1.37. The smallest absolute Gasteiger partial charge is 0.303 e. The molecule has 0 aromatic heterocycles. The molecule has 0 atom stereocenters. The molecular formula is C12H14FNO3. The number of carbonyl (C=O) groups is 2. The minimum atomic E-state index is -0.887. The first-order valence-electron chi connectivity index (χ1n) is 5.27. The third-order valence-corrected chi connectivity index (χ3v) is 2.21. The number of carboxylic acids is 1. The minimum absolute atomic E-state index is 0.0238. The second-order valence-electron chi connectivity index (χ2n) is 3.73. The maximum Gasteiger partial charge on any atom is 0.303 e. The normalized spacial score (nSPS) is 10.0. The Labute approximate surface area is 98.5 Å². The van der Waals surface area contributed by atoms with E-state index in [9.17, 15) is 14.0 Å². The van der Waals surface area contributed by atoms with Gasteiger partial charge in [-0.1, -0.05) is 0 Å². The second-order valence-corrected chi connectivity index (χ2v) is 3.73. The zero-order valence-corrected chi connectivity index (χ0v) is 9.50. The van der Waals surface area contributed by atoms with Crippen molar-refractivity contribution in [2.24, 2.45) is 0 Å². The van der Waals surface area contributed by atoms with Crippen LogP contribution in [0, 0.1) is 5.82 Å². The van der Waals surface area contributed by atoms with Crippen LogP contribution in [-0.2, 0) is 16.0 Å². The van der Waals surface area contributed by atoms with Crippen LogP contribution in [0.1, 0.15) is 25.3 Å². The van der Waals surface area contributed by atoms with E-state index < -0.39 is 11.8 Å². The van der Waals surface area contributed by atoms with E-state index in [1.54, 1.807) is 0 Å². The summed E-state index contributed by atoms with van der Waals surface area (Å²) in [6.07, 6.45) is 0.848. The van der Waals surface area contributed by atoms with Crippen LogP contribution in [0.25, 0.3) is 0 Å². The molecule has 0 aliphatic rings. The van der Waals surface area contributed by atoms with E-state index in [0.29, 0.717) is 24.1 Å². The van der Waals surface area contributed by atoms with E-state index in [1.807, 2.05) is 0 Å². The largest absolute Gasteiger partial charge is 0.481 e. The van der Waals surface area contributed by atoms with E-state index in [1.165, 1.54) is 25.1 Å². The Kier molecular flexibility index (Phi) is 4.63. The average Bonchev–Trinajstić information content (AvgIpc) is 2.21. The zero-order valence-electron chi connectivity index (χ0n) is 9.50. The van der Waals surface area contributed by atoms with Crippen LogP contribution >= 0.6 is 0 Å². The van der Waals surface area contributed by atoms with Gasteiger partial charge in [0, 0.05) is 19.0 Å². The Morgan fingerprint density at radius 2 is 2.12 bits per heavy atom. The fourth-order valence-corrected chi connectivity index (χ4v) is 1.51. The Hall–Kier alpha value is -1.91. The van der Waals surface area contributed by atoms with Gasteiger partial charge in [-0.2, -0.15) is 0 Å². The molecule has 1 amide bonds. The lowest BCUT2D eigenvalue weighted by Crippen LogP contribution is -2.08. The number of benzene rings is 1. The van der Waals surface area contributed by atoms with Gasteiger partial charge in [-0.05, 0) is 36.6 Å². The third-order valence-electron chi connectivity index (χ3n) is 2.21. The fraction of sp³-hybridized carbons (Fsp3) is 0.333. The molecule has 1 aromatic rings. The molecule has 5 heteroatoms. The Bertz CT molecular complexity index is 432. The summed E-state index contributed by atoms with van der Waals surface area (Å²) in [5, 5.41) is 11.1. The first-order valence-corrected chi connectivity index (χ1v) is 5.27. The molecule has 0 unspecified atom stereocenters. The van der Waals surface area contributed by atoms with Gasteiger partial charge in [0.05, 0.1) is 0 Å². The van der Waals surface area contributed by atoms with Crippen molar-refractivity contribution in [1.82, 2.24) is 0 Å². The summed E-state index contributed by atoms with van der Waals surface area (Å²) < 4.78 is 13.0. The SMILES string of the molecule is CC(=O)Nc1ccc(F)cc1CCCC(=O)O. The first-order chi connectivity index (χ1) is 7.99. The third kappa shape index (κ3) is 4.63. The number of nitrogens with one attached hydrogen (secondary N) is 1. The topological polar surface area (TPSA) is 66.4 Å². The van der Waals surface area contributed by atoms with Gasteiger partial charge in [-0.15, -0.1) is 0 Å². The maximum atomic E-state index is 13.0. The van der Waals surface area contributed by atoms with Crippen LogP contribution in [-0.4, -0.2) is 17.0 Å². The summed E-state index contributed by atoms with van der Waals surface area (Å²) in [7, 11) is 0. The quantitative estimate of drug-likeness (QED) is 0.827. The second kappa shape index (κ2) is 5.98. The lowest BCUT2D eigenvalue weighted by molar-refractivity contribution is -0.137. The molecule has 4 nitrogen and oxygen atoms in total. The lowest BCUT2D eigenvalue weighted by atomic mass is 10.1. The molecule has 2 N–H and O–H groups in total. The van der Waals surface area contributed by atoms with E-state index in [-0.39, 0.29) is 12.3 Å². The molecule has 0 fully saturated rings. The van der Waals surface area contributed by atoms with Crippen LogP contribution in [0.2, 0.25) is 0 Å². The molecule has 0 saturated carbocycles. The van der Waals surface area contributed by atoms with Gasteiger partial charge in [0.1, 0.15) is 5.82 Å². The standard InChI is InChI=1S/C12H14FNO3/c1-8(15)14-11-6-5-10(13)7-9(11)3-2-4-12(16)17/h5-7H,2-4H2,1H3,(H,14,15)(H,16,17). The molecule has 0 radical (unpaired) electrons. The van der Waals surface area contributed by atoms with Gasteiger partial charge in [-0.25, -0.2) is 4.39 Å². The summed E-state index contributed by atoms with van der Waals surface area (Å²) >= 11 is 0. The van der Waals surface area contributed by atoms with Gasteiger partial charge < -0.3 is 10.4 Å². The zero-order chi connectivity index (χ0) is 12.8. The van der Waals surface area contributed by atoms with Gasteiger partial charge >= 0.3 is 5.97 Å². The van der Waals surface area contributed by atoms with E-state index in [2.05, 4.69) is 5.32 Å². The van der Waals surface area contributed by atoms with E-state index in [0.717, 1.165) is 0 Å². The summed E-state index contributed by atoms with van der Waals surface area (Å²) in [5.41, 5.74) is 1.14. The fourth-order valence-electron chi connectivity index (χ4n) is 1.51. The van der Waals surface area contributed by atoms with Crippen LogP contribution in [0.15, 0.2) is 18.2 Å². The lowest BCUT2D eigenvalue weighted by Gasteiger charge is -2.09. The van der Waals surface area contributed by atoms with Crippen LogP contribution in [0.4, 0.5) is 10.1 Å². The number of halogens is 1. The number of aryl methyl sites for hydroxylation is 1. The summed E-state index contributed by atoms with van der Waals surface area (Å²) in [5.74, 6) is -1.53. The van der Waals surface area contributed by atoms with Crippen molar-refractivity contribution in [2.45, 2.75) is 26.2 Å². The van der Waals surface area contributed by atoms with Crippen molar-refractivity contribution >= 4 is 17.6 Å². The van der Waals surface area contributed by atoms with Crippen molar-refractivity contribution < 1.29 is 19.1 Å². The molecule has 1 aromatic carbocycles. The number of hydrogen-bond donors (Lipinski definition) is 2. The number of aliphatic carboxylic acids is 1. The number of hydrogen-bond acceptors (Lipinski definition) is 2. The molecule has 0 aliphatic heterocycles. The number of rotatable bonds is 5. The molecule has 0 saturated heterocycles. The highest BCUT2D eigenvalue weighted by Gasteiger charge is 2.06. The summed E-state index contributed by atoms with van der Waals surface area (Å²) in [6, 6.07) is 4.05. The Morgan fingerprint density at radius 1 is 1.41 bits per heavy atom. The minimum Gasteiger partial charge on any atom is -0.481 e. The number of carboxylic acid groups (broad SMARTS) is 1. The Balaban J connectivity index is 2.76. The monoisotopic (exact) mass is 239 g/mol. The first kappa shape index (κ1) is 13.2. The van der Waals surface area contributed by atoms with Crippen molar-refractivity contribution in [3.8, 4) is 0 Å². The van der Waals surface area contributed by atoms with Gasteiger partial charge in [-0.3, -0.25) is 9.59 Å². The molecule has 0 spiro atoms. The molecule has 92 valence electrons. The van der Waals surface area contributed by atoms with Crippen molar-refractivity contribution in [1.29, 1.82) is 0 Å². The maximum absolute atomic E-state index is 13.0. The van der Waals surface area contributed by atoms with Crippen molar-refractivity contribution in [3.63, 3.8) is 0 Å². The van der Waals surface area contributed by atoms with Gasteiger partial charge in [0.25, 0.3) is 0 Å². The highest BCUT2D eigenvalue weighted by molar-refractivity contribution is 5.89. The Morgan fingerprint density at radius 3 is 2.71 bits per heavy atom. The van der Waals surface area contributed by atoms with Crippen LogP contribution < -0.4 is 5.32 Å². The van der Waals surface area contributed by atoms with Crippen molar-refractivity contribution in [3.05, 3.63) is 29.6 Å². The predicted octanol–water partition coefficient (Wildman–Crippen LogP) is 2.19. The molecule has 0 bridgehead atoms. The molecule has 0 aliphatic carbocycles. The predicted molar refractivity (Wildman–Crippen MR) is 61.3 cm³/mol. The number of anilines is 1. The molecule has 1 rings (SSSR count). The molecular weight excluding hydrogens is 225 g/mol. The number of amides is 1. The van der Waals surface area contributed by atoms with E-state index >= 15 is 0 Å². The van der Waals surface area contributed by atoms with Gasteiger partial charge in [0.15, 0.2) is 0 Å². The van der Waals surface area contributed by atoms with E-state index in [4.69, 9.17) is 5.11 Å². The van der Waals surface area contributed by atoms with Crippen LogP contribution in [0.3, 0.4) is 0 Å². The molecule has 17 heavy (non-hydrogen) atoms. The highest BCUT2D eigenvalue weighted by atomic mass is 19.1.